The molecule has 4 heteroatoms. The van der Waals surface area contributed by atoms with E-state index in [-0.39, 0.29) is 17.1 Å². The molecule has 2 rings (SSSR count). The first-order chi connectivity index (χ1) is 7.91. The lowest BCUT2D eigenvalue weighted by molar-refractivity contribution is -0.153. The van der Waals surface area contributed by atoms with Crippen LogP contribution in [0.5, 0.6) is 0 Å². The van der Waals surface area contributed by atoms with Gasteiger partial charge >= 0.3 is 5.97 Å². The molecule has 2 N–H and O–H groups in total. The van der Waals surface area contributed by atoms with Crippen LogP contribution in [0.4, 0.5) is 0 Å². The largest absolute Gasteiger partial charge is 0.459 e. The van der Waals surface area contributed by atoms with Gasteiger partial charge in [0.05, 0.1) is 6.54 Å². The number of nitrogens with one attached hydrogen (secondary N) is 2. The van der Waals surface area contributed by atoms with Gasteiger partial charge in [-0.15, -0.1) is 0 Å². The smallest absolute Gasteiger partial charge is 0.320 e. The molecule has 0 radical (unpaired) electrons. The van der Waals surface area contributed by atoms with E-state index in [1.807, 2.05) is 20.8 Å². The van der Waals surface area contributed by atoms with Crippen molar-refractivity contribution in [2.75, 3.05) is 19.6 Å². The molecule has 1 aliphatic heterocycles. The van der Waals surface area contributed by atoms with E-state index < -0.39 is 0 Å². The molecule has 0 amide bonds. The fraction of sp³-hybridized carbons (Fsp3) is 0.923. The SMILES string of the molecule is CC(C)(C)OC(=O)CNC1(C2CCNC2)CC1. The molecule has 2 fully saturated rings. The fourth-order valence-electron chi connectivity index (χ4n) is 2.62. The maximum absolute atomic E-state index is 11.6. The molecule has 0 aromatic carbocycles. The molecule has 0 aromatic rings. The Balaban J connectivity index is 1.76. The van der Waals surface area contributed by atoms with Crippen molar-refractivity contribution in [3.8, 4) is 0 Å². The zero-order valence-electron chi connectivity index (χ0n) is 11.1. The maximum Gasteiger partial charge on any atom is 0.320 e. The van der Waals surface area contributed by atoms with Crippen molar-refractivity contribution < 1.29 is 9.53 Å². The van der Waals surface area contributed by atoms with Crippen LogP contribution >= 0.6 is 0 Å². The highest BCUT2D eigenvalue weighted by atomic mass is 16.6. The van der Waals surface area contributed by atoms with Crippen LogP contribution in [-0.2, 0) is 9.53 Å². The molecule has 4 nitrogen and oxygen atoms in total. The summed E-state index contributed by atoms with van der Waals surface area (Å²) in [6.45, 7) is 8.24. The van der Waals surface area contributed by atoms with Crippen LogP contribution < -0.4 is 10.6 Å². The average Bonchev–Trinajstić information content (AvgIpc) is 2.78. The lowest BCUT2D eigenvalue weighted by Crippen LogP contribution is -2.43. The molecule has 1 aliphatic carbocycles. The predicted octanol–water partition coefficient (Wildman–Crippen LogP) is 1.06. The molecule has 1 unspecified atom stereocenters. The van der Waals surface area contributed by atoms with E-state index in [2.05, 4.69) is 10.6 Å². The molecule has 0 spiro atoms. The number of hydrogen-bond donors (Lipinski definition) is 2. The molecule has 0 bridgehead atoms. The number of rotatable bonds is 4. The van der Waals surface area contributed by atoms with Gasteiger partial charge in [0.2, 0.25) is 0 Å². The summed E-state index contributed by atoms with van der Waals surface area (Å²) in [7, 11) is 0. The van der Waals surface area contributed by atoms with E-state index in [4.69, 9.17) is 4.74 Å². The van der Waals surface area contributed by atoms with Crippen LogP contribution in [0, 0.1) is 5.92 Å². The molecule has 1 heterocycles. The number of ether oxygens (including phenoxy) is 1. The zero-order valence-corrected chi connectivity index (χ0v) is 11.1. The Bertz CT molecular complexity index is 286. The van der Waals surface area contributed by atoms with Crippen LogP contribution in [-0.4, -0.2) is 36.7 Å². The van der Waals surface area contributed by atoms with Gasteiger partial charge in [0.15, 0.2) is 0 Å². The third-order valence-electron chi connectivity index (χ3n) is 3.64. The van der Waals surface area contributed by atoms with Crippen molar-refractivity contribution in [1.29, 1.82) is 0 Å². The van der Waals surface area contributed by atoms with Crippen molar-refractivity contribution in [2.45, 2.75) is 51.2 Å². The van der Waals surface area contributed by atoms with Gasteiger partial charge in [0, 0.05) is 5.54 Å². The maximum atomic E-state index is 11.6. The molecule has 1 saturated heterocycles. The average molecular weight is 240 g/mol. The van der Waals surface area contributed by atoms with Crippen molar-refractivity contribution in [3.63, 3.8) is 0 Å². The highest BCUT2D eigenvalue weighted by Gasteiger charge is 2.49. The number of carbonyl (C=O) groups excluding carboxylic acids is 1. The Labute approximate surface area is 103 Å². The topological polar surface area (TPSA) is 50.4 Å². The van der Waals surface area contributed by atoms with Crippen molar-refractivity contribution in [3.05, 3.63) is 0 Å². The van der Waals surface area contributed by atoms with E-state index in [0.29, 0.717) is 12.5 Å². The molecular weight excluding hydrogens is 216 g/mol. The molecule has 1 atom stereocenters. The third-order valence-corrected chi connectivity index (χ3v) is 3.64. The Morgan fingerprint density at radius 3 is 2.65 bits per heavy atom. The summed E-state index contributed by atoms with van der Waals surface area (Å²) in [6, 6.07) is 0. The van der Waals surface area contributed by atoms with Crippen LogP contribution in [0.15, 0.2) is 0 Å². The second-order valence-corrected chi connectivity index (χ2v) is 6.29. The highest BCUT2D eigenvalue weighted by molar-refractivity contribution is 5.72. The standard InChI is InChI=1S/C13H24N2O2/c1-12(2,3)17-11(16)9-15-13(5-6-13)10-4-7-14-8-10/h10,14-15H,4-9H2,1-3H3. The van der Waals surface area contributed by atoms with Gasteiger partial charge in [-0.05, 0) is 59.0 Å². The molecule has 0 aromatic heterocycles. The lowest BCUT2D eigenvalue weighted by Gasteiger charge is -2.25. The van der Waals surface area contributed by atoms with Gasteiger partial charge in [-0.2, -0.15) is 0 Å². The van der Waals surface area contributed by atoms with Crippen LogP contribution in [0.2, 0.25) is 0 Å². The minimum Gasteiger partial charge on any atom is -0.459 e. The Morgan fingerprint density at radius 1 is 1.47 bits per heavy atom. The van der Waals surface area contributed by atoms with Gasteiger partial charge in [0.25, 0.3) is 0 Å². The summed E-state index contributed by atoms with van der Waals surface area (Å²) in [5.41, 5.74) is -0.162. The van der Waals surface area contributed by atoms with Crippen LogP contribution in [0.3, 0.4) is 0 Å². The van der Waals surface area contributed by atoms with Crippen LogP contribution in [0.1, 0.15) is 40.0 Å². The monoisotopic (exact) mass is 240 g/mol. The fourth-order valence-corrected chi connectivity index (χ4v) is 2.62. The van der Waals surface area contributed by atoms with Crippen molar-refractivity contribution in [2.24, 2.45) is 5.92 Å². The van der Waals surface area contributed by atoms with Gasteiger partial charge < -0.3 is 15.4 Å². The first-order valence-corrected chi connectivity index (χ1v) is 6.59. The molecule has 98 valence electrons. The van der Waals surface area contributed by atoms with Gasteiger partial charge in [-0.25, -0.2) is 0 Å². The second-order valence-electron chi connectivity index (χ2n) is 6.29. The summed E-state index contributed by atoms with van der Waals surface area (Å²) < 4.78 is 5.31. The first kappa shape index (κ1) is 12.8. The number of hydrogen-bond acceptors (Lipinski definition) is 4. The van der Waals surface area contributed by atoms with E-state index in [1.165, 1.54) is 19.3 Å². The third kappa shape index (κ3) is 3.42. The molecule has 17 heavy (non-hydrogen) atoms. The summed E-state index contributed by atoms with van der Waals surface area (Å²) in [4.78, 5) is 11.6. The van der Waals surface area contributed by atoms with Crippen LogP contribution in [0.25, 0.3) is 0 Å². The van der Waals surface area contributed by atoms with Gasteiger partial charge in [-0.1, -0.05) is 0 Å². The van der Waals surface area contributed by atoms with Gasteiger partial charge in [-0.3, -0.25) is 4.79 Å². The molecular formula is C13H24N2O2. The summed E-state index contributed by atoms with van der Waals surface area (Å²) in [6.07, 6.45) is 3.62. The first-order valence-electron chi connectivity index (χ1n) is 6.59. The van der Waals surface area contributed by atoms with Crippen molar-refractivity contribution in [1.82, 2.24) is 10.6 Å². The van der Waals surface area contributed by atoms with Crippen molar-refractivity contribution >= 4 is 5.97 Å². The van der Waals surface area contributed by atoms with Gasteiger partial charge in [0.1, 0.15) is 5.60 Å². The minimum absolute atomic E-state index is 0.144. The Kier molecular flexibility index (Phi) is 3.46. The molecule has 2 aliphatic rings. The van der Waals surface area contributed by atoms with E-state index in [1.54, 1.807) is 0 Å². The molecule has 1 saturated carbocycles. The Hall–Kier alpha value is -0.610. The van der Waals surface area contributed by atoms with E-state index in [9.17, 15) is 4.79 Å². The van der Waals surface area contributed by atoms with E-state index >= 15 is 0 Å². The summed E-state index contributed by atoms with van der Waals surface area (Å²) in [5, 5.41) is 6.81. The van der Waals surface area contributed by atoms with E-state index in [0.717, 1.165) is 13.1 Å². The Morgan fingerprint density at radius 2 is 2.18 bits per heavy atom. The number of carbonyl (C=O) groups is 1. The minimum atomic E-state index is -0.385. The second kappa shape index (κ2) is 4.58. The number of esters is 1. The lowest BCUT2D eigenvalue weighted by atomic mass is 9.96. The quantitative estimate of drug-likeness (QED) is 0.722. The summed E-state index contributed by atoms with van der Waals surface area (Å²) in [5.74, 6) is 0.541. The predicted molar refractivity (Wildman–Crippen MR) is 66.8 cm³/mol. The summed E-state index contributed by atoms with van der Waals surface area (Å²) >= 11 is 0. The normalized spacial score (nSPS) is 26.9. The highest BCUT2D eigenvalue weighted by Crippen LogP contribution is 2.44. The zero-order chi connectivity index (χ0) is 12.5.